The Balaban J connectivity index is 1.63. The first kappa shape index (κ1) is 22.8. The molecule has 34 heavy (non-hydrogen) atoms. The van der Waals surface area contributed by atoms with E-state index < -0.39 is 34.6 Å². The largest absolute Gasteiger partial charge is 0.486 e. The molecule has 1 spiro atoms. The molecule has 0 aromatic heterocycles. The van der Waals surface area contributed by atoms with E-state index >= 15 is 0 Å². The fourth-order valence-corrected chi connectivity index (χ4v) is 5.81. The van der Waals surface area contributed by atoms with Gasteiger partial charge in [0, 0.05) is 25.2 Å². The lowest BCUT2D eigenvalue weighted by Gasteiger charge is -2.51. The standard InChI is InChI=1S/C26H30N2O6/c1-4-32-22(29)24(2)21-25(15-27-24,23(30)31-3)26(19-12-8-9-13-20(19)34-21)16-28(17-33-26)14-18-10-6-5-7-11-18/h5-13,21,27H,4,14-17H2,1-3H3/t21-,24+,25+,26-/m0/s1. The van der Waals surface area contributed by atoms with Crippen LogP contribution < -0.4 is 10.1 Å². The summed E-state index contributed by atoms with van der Waals surface area (Å²) in [5, 5.41) is 3.27. The molecule has 2 saturated heterocycles. The number of esters is 2. The van der Waals surface area contributed by atoms with E-state index in [1.165, 1.54) is 7.11 Å². The quantitative estimate of drug-likeness (QED) is 0.672. The van der Waals surface area contributed by atoms with Gasteiger partial charge < -0.3 is 18.9 Å². The topological polar surface area (TPSA) is 86.3 Å². The van der Waals surface area contributed by atoms with Crippen molar-refractivity contribution in [3.63, 3.8) is 0 Å². The number of carbonyl (C=O) groups is 2. The fourth-order valence-electron chi connectivity index (χ4n) is 5.81. The zero-order chi connectivity index (χ0) is 24.0. The molecule has 180 valence electrons. The van der Waals surface area contributed by atoms with E-state index in [1.54, 1.807) is 13.8 Å². The second-order valence-electron chi connectivity index (χ2n) is 9.31. The van der Waals surface area contributed by atoms with Crippen LogP contribution in [0, 0.1) is 5.41 Å². The van der Waals surface area contributed by atoms with Crippen molar-refractivity contribution in [3.8, 4) is 5.75 Å². The number of hydrogen-bond donors (Lipinski definition) is 1. The van der Waals surface area contributed by atoms with Crippen LogP contribution in [0.15, 0.2) is 54.6 Å². The number of ether oxygens (including phenoxy) is 4. The molecular formula is C26H30N2O6. The number of para-hydroxylation sites is 1. The van der Waals surface area contributed by atoms with Gasteiger partial charge in [0.1, 0.15) is 24.2 Å². The normalized spacial score (nSPS) is 32.0. The monoisotopic (exact) mass is 466 g/mol. The minimum absolute atomic E-state index is 0.146. The van der Waals surface area contributed by atoms with Crippen LogP contribution >= 0.6 is 0 Å². The summed E-state index contributed by atoms with van der Waals surface area (Å²) in [4.78, 5) is 29.0. The Morgan fingerprint density at radius 2 is 1.85 bits per heavy atom. The van der Waals surface area contributed by atoms with Crippen LogP contribution in [0.25, 0.3) is 0 Å². The summed E-state index contributed by atoms with van der Waals surface area (Å²) < 4.78 is 23.8. The Kier molecular flexibility index (Phi) is 5.62. The van der Waals surface area contributed by atoms with Gasteiger partial charge >= 0.3 is 11.9 Å². The average molecular weight is 467 g/mol. The van der Waals surface area contributed by atoms with Gasteiger partial charge in [-0.3, -0.25) is 15.0 Å². The Morgan fingerprint density at radius 1 is 1.12 bits per heavy atom. The fraction of sp³-hybridized carbons (Fsp3) is 0.462. The van der Waals surface area contributed by atoms with Crippen molar-refractivity contribution in [2.75, 3.05) is 33.5 Å². The summed E-state index contributed by atoms with van der Waals surface area (Å²) in [5.41, 5.74) is -1.72. The highest BCUT2D eigenvalue weighted by Gasteiger charge is 2.77. The lowest BCUT2D eigenvalue weighted by molar-refractivity contribution is -0.196. The molecular weight excluding hydrogens is 436 g/mol. The Hall–Kier alpha value is -2.94. The molecule has 0 aliphatic carbocycles. The molecule has 8 heteroatoms. The van der Waals surface area contributed by atoms with Gasteiger partial charge in [-0.25, -0.2) is 4.79 Å². The van der Waals surface area contributed by atoms with Crippen LogP contribution in [-0.2, 0) is 35.9 Å². The maximum absolute atomic E-state index is 13.7. The van der Waals surface area contributed by atoms with E-state index in [0.717, 1.165) is 11.1 Å². The highest BCUT2D eigenvalue weighted by molar-refractivity contribution is 5.89. The van der Waals surface area contributed by atoms with E-state index in [4.69, 9.17) is 18.9 Å². The summed E-state index contributed by atoms with van der Waals surface area (Å²) in [7, 11) is 1.36. The first-order valence-electron chi connectivity index (χ1n) is 11.6. The van der Waals surface area contributed by atoms with Gasteiger partial charge in [0.25, 0.3) is 0 Å². The molecule has 3 aliphatic heterocycles. The number of hydrogen-bond acceptors (Lipinski definition) is 8. The first-order valence-corrected chi connectivity index (χ1v) is 11.6. The number of nitrogens with zero attached hydrogens (tertiary/aromatic N) is 1. The number of benzene rings is 2. The Labute approximate surface area is 199 Å². The minimum Gasteiger partial charge on any atom is -0.486 e. The number of methoxy groups -OCH3 is 1. The third kappa shape index (κ3) is 3.09. The number of fused-ring (bicyclic) bond motifs is 4. The highest BCUT2D eigenvalue weighted by Crippen LogP contribution is 2.60. The molecule has 2 fully saturated rings. The molecule has 2 aromatic carbocycles. The summed E-state index contributed by atoms with van der Waals surface area (Å²) in [6.07, 6.45) is -0.891. The molecule has 0 bridgehead atoms. The van der Waals surface area contributed by atoms with Crippen molar-refractivity contribution in [2.45, 2.75) is 37.6 Å². The molecule has 0 radical (unpaired) electrons. The zero-order valence-electron chi connectivity index (χ0n) is 19.7. The molecule has 1 N–H and O–H groups in total. The molecule has 4 atom stereocenters. The van der Waals surface area contributed by atoms with Gasteiger partial charge in [0.2, 0.25) is 0 Å². The smallest absolute Gasteiger partial charge is 0.329 e. The molecule has 3 aliphatic rings. The SMILES string of the molecule is CCOC(=O)[C@]1(C)NC[C@]2(C(=O)OC)[C@H]1Oc1ccccc1[C@@]21CN(Cc2ccccc2)CO1. The maximum atomic E-state index is 13.7. The van der Waals surface area contributed by atoms with Crippen molar-refractivity contribution < 1.29 is 28.5 Å². The molecule has 2 aromatic rings. The molecule has 3 heterocycles. The molecule has 0 saturated carbocycles. The molecule has 0 amide bonds. The van der Waals surface area contributed by atoms with Gasteiger partial charge in [-0.2, -0.15) is 0 Å². The first-order chi connectivity index (χ1) is 16.4. The summed E-state index contributed by atoms with van der Waals surface area (Å²) in [6.45, 7) is 5.27. The maximum Gasteiger partial charge on any atom is 0.329 e. The molecule has 0 unspecified atom stereocenters. The van der Waals surface area contributed by atoms with Crippen molar-refractivity contribution >= 4 is 11.9 Å². The lowest BCUT2D eigenvalue weighted by Crippen LogP contribution is -2.67. The highest BCUT2D eigenvalue weighted by atomic mass is 16.6. The molecule has 5 rings (SSSR count). The van der Waals surface area contributed by atoms with E-state index in [2.05, 4.69) is 22.3 Å². The number of nitrogens with one attached hydrogen (secondary N) is 1. The van der Waals surface area contributed by atoms with E-state index in [0.29, 0.717) is 25.6 Å². The van der Waals surface area contributed by atoms with Crippen molar-refractivity contribution in [2.24, 2.45) is 5.41 Å². The summed E-state index contributed by atoms with van der Waals surface area (Å²) in [6, 6.07) is 17.7. The van der Waals surface area contributed by atoms with Crippen molar-refractivity contribution in [3.05, 3.63) is 65.7 Å². The van der Waals surface area contributed by atoms with E-state index in [9.17, 15) is 9.59 Å². The Morgan fingerprint density at radius 3 is 2.59 bits per heavy atom. The van der Waals surface area contributed by atoms with Gasteiger partial charge in [-0.05, 0) is 25.5 Å². The summed E-state index contributed by atoms with van der Waals surface area (Å²) >= 11 is 0. The minimum atomic E-state index is -1.30. The van der Waals surface area contributed by atoms with Crippen molar-refractivity contribution in [1.82, 2.24) is 10.2 Å². The van der Waals surface area contributed by atoms with Crippen LogP contribution in [-0.4, -0.2) is 62.0 Å². The van der Waals surface area contributed by atoms with Crippen LogP contribution in [0.1, 0.15) is 25.0 Å². The second-order valence-corrected chi connectivity index (χ2v) is 9.31. The van der Waals surface area contributed by atoms with E-state index in [-0.39, 0.29) is 13.2 Å². The third-order valence-electron chi connectivity index (χ3n) is 7.43. The van der Waals surface area contributed by atoms with Crippen LogP contribution in [0.5, 0.6) is 5.75 Å². The van der Waals surface area contributed by atoms with Crippen LogP contribution in [0.4, 0.5) is 0 Å². The van der Waals surface area contributed by atoms with Gasteiger partial charge in [-0.15, -0.1) is 0 Å². The lowest BCUT2D eigenvalue weighted by atomic mass is 9.61. The molecule has 8 nitrogen and oxygen atoms in total. The van der Waals surface area contributed by atoms with Gasteiger partial charge in [0.05, 0.1) is 13.7 Å². The second kappa shape index (κ2) is 8.37. The van der Waals surface area contributed by atoms with E-state index in [1.807, 2.05) is 42.5 Å². The zero-order valence-corrected chi connectivity index (χ0v) is 19.7. The number of rotatable bonds is 5. The summed E-state index contributed by atoms with van der Waals surface area (Å²) in [5.74, 6) is -0.360. The third-order valence-corrected chi connectivity index (χ3v) is 7.43. The van der Waals surface area contributed by atoms with Gasteiger partial charge in [0.15, 0.2) is 11.0 Å². The predicted molar refractivity (Wildman–Crippen MR) is 123 cm³/mol. The van der Waals surface area contributed by atoms with Crippen LogP contribution in [0.2, 0.25) is 0 Å². The average Bonchev–Trinajstić information content (AvgIpc) is 3.41. The number of carbonyl (C=O) groups excluding carboxylic acids is 2. The van der Waals surface area contributed by atoms with Crippen LogP contribution in [0.3, 0.4) is 0 Å². The predicted octanol–water partition coefficient (Wildman–Crippen LogP) is 2.22. The Bertz CT molecular complexity index is 1090. The van der Waals surface area contributed by atoms with Crippen molar-refractivity contribution in [1.29, 1.82) is 0 Å². The van der Waals surface area contributed by atoms with Gasteiger partial charge in [-0.1, -0.05) is 48.5 Å².